The van der Waals surface area contributed by atoms with Crippen LogP contribution in [0.25, 0.3) is 10.8 Å². The van der Waals surface area contributed by atoms with E-state index < -0.39 is 0 Å². The van der Waals surface area contributed by atoms with Crippen LogP contribution in [-0.2, 0) is 6.42 Å². The fourth-order valence-corrected chi connectivity index (χ4v) is 3.24. The number of hydrogen-bond donors (Lipinski definition) is 1. The van der Waals surface area contributed by atoms with E-state index in [1.807, 2.05) is 37.4 Å². The van der Waals surface area contributed by atoms with Crippen molar-refractivity contribution in [2.45, 2.75) is 19.4 Å². The molecule has 0 aliphatic carbocycles. The van der Waals surface area contributed by atoms with Crippen molar-refractivity contribution < 1.29 is 4.42 Å². The number of aryl methyl sites for hydroxylation is 1. The van der Waals surface area contributed by atoms with Gasteiger partial charge in [-0.1, -0.05) is 37.3 Å². The van der Waals surface area contributed by atoms with Gasteiger partial charge in [-0.3, -0.25) is 0 Å². The molecule has 0 saturated heterocycles. The highest BCUT2D eigenvalue weighted by atomic mass is 32.1. The second-order valence-electron chi connectivity index (χ2n) is 4.71. The number of thiophene rings is 1. The van der Waals surface area contributed by atoms with Gasteiger partial charge in [0, 0.05) is 0 Å². The number of hydrogen-bond acceptors (Lipinski definition) is 5. The van der Waals surface area contributed by atoms with Gasteiger partial charge in [0.25, 0.3) is 5.89 Å². The van der Waals surface area contributed by atoms with E-state index in [4.69, 9.17) is 4.42 Å². The molecular weight excluding hydrogens is 282 g/mol. The second kappa shape index (κ2) is 6.20. The molecule has 3 aromatic rings. The Bertz CT molecular complexity index is 705. The number of nitrogens with zero attached hydrogens (tertiary/aromatic N) is 2. The van der Waals surface area contributed by atoms with Crippen LogP contribution in [0.5, 0.6) is 0 Å². The van der Waals surface area contributed by atoms with E-state index in [0.29, 0.717) is 11.8 Å². The van der Waals surface area contributed by atoms with E-state index in [9.17, 15) is 0 Å². The van der Waals surface area contributed by atoms with Crippen LogP contribution >= 0.6 is 11.3 Å². The van der Waals surface area contributed by atoms with Gasteiger partial charge in [-0.05, 0) is 36.0 Å². The highest BCUT2D eigenvalue weighted by Gasteiger charge is 2.20. The van der Waals surface area contributed by atoms with Crippen LogP contribution in [0.2, 0.25) is 0 Å². The van der Waals surface area contributed by atoms with E-state index in [-0.39, 0.29) is 6.04 Å². The highest BCUT2D eigenvalue weighted by Crippen LogP contribution is 2.30. The van der Waals surface area contributed by atoms with E-state index in [2.05, 4.69) is 33.9 Å². The fourth-order valence-electron chi connectivity index (χ4n) is 2.32. The van der Waals surface area contributed by atoms with Gasteiger partial charge in [0.05, 0.1) is 4.88 Å². The van der Waals surface area contributed by atoms with Crippen molar-refractivity contribution in [3.8, 4) is 10.8 Å². The van der Waals surface area contributed by atoms with Crippen LogP contribution in [0.1, 0.15) is 30.0 Å². The van der Waals surface area contributed by atoms with Crippen LogP contribution < -0.4 is 5.32 Å². The number of rotatable bonds is 5. The lowest BCUT2D eigenvalue weighted by Crippen LogP contribution is -2.17. The molecule has 1 unspecified atom stereocenters. The summed E-state index contributed by atoms with van der Waals surface area (Å²) in [6.45, 7) is 2.13. The average molecular weight is 299 g/mol. The summed E-state index contributed by atoms with van der Waals surface area (Å²) < 4.78 is 5.90. The van der Waals surface area contributed by atoms with Crippen molar-refractivity contribution in [1.29, 1.82) is 0 Å². The molecule has 0 aliphatic rings. The van der Waals surface area contributed by atoms with Crippen molar-refractivity contribution in [2.75, 3.05) is 7.05 Å². The maximum atomic E-state index is 5.90. The van der Waals surface area contributed by atoms with Gasteiger partial charge in [0.15, 0.2) is 0 Å². The third-order valence-electron chi connectivity index (χ3n) is 3.43. The number of benzene rings is 1. The van der Waals surface area contributed by atoms with Gasteiger partial charge < -0.3 is 9.73 Å². The molecule has 3 rings (SSSR count). The summed E-state index contributed by atoms with van der Waals surface area (Å²) in [4.78, 5) is 1.07. The minimum absolute atomic E-state index is 0.0857. The molecule has 1 aromatic carbocycles. The lowest BCUT2D eigenvalue weighted by Gasteiger charge is -2.11. The molecule has 0 bridgehead atoms. The largest absolute Gasteiger partial charge is 0.418 e. The lowest BCUT2D eigenvalue weighted by atomic mass is 10.1. The molecule has 2 aromatic heterocycles. The molecule has 0 fully saturated rings. The van der Waals surface area contributed by atoms with Crippen molar-refractivity contribution in [1.82, 2.24) is 15.5 Å². The first kappa shape index (κ1) is 14.0. The van der Waals surface area contributed by atoms with E-state index in [1.165, 1.54) is 5.56 Å². The van der Waals surface area contributed by atoms with Gasteiger partial charge >= 0.3 is 0 Å². The smallest absolute Gasteiger partial charge is 0.258 e. The van der Waals surface area contributed by atoms with Crippen molar-refractivity contribution in [3.63, 3.8) is 0 Å². The van der Waals surface area contributed by atoms with Crippen molar-refractivity contribution >= 4 is 11.3 Å². The van der Waals surface area contributed by atoms with Gasteiger partial charge in [0.1, 0.15) is 6.04 Å². The van der Waals surface area contributed by atoms with Crippen LogP contribution in [-0.4, -0.2) is 17.2 Å². The zero-order valence-electron chi connectivity index (χ0n) is 12.0. The third-order valence-corrected chi connectivity index (χ3v) is 4.38. The number of aromatic nitrogens is 2. The molecule has 1 N–H and O–H groups in total. The standard InChI is InChI=1S/C16H17N3OS/c1-3-11-9-10-21-14(11)16-19-18-15(20-16)13(17-2)12-7-5-4-6-8-12/h4-10,13,17H,3H2,1-2H3. The first-order valence-electron chi connectivity index (χ1n) is 6.95. The lowest BCUT2D eigenvalue weighted by molar-refractivity contribution is 0.456. The zero-order valence-corrected chi connectivity index (χ0v) is 12.9. The maximum absolute atomic E-state index is 5.90. The quantitative estimate of drug-likeness (QED) is 0.781. The van der Waals surface area contributed by atoms with E-state index in [0.717, 1.165) is 16.9 Å². The molecule has 4 nitrogen and oxygen atoms in total. The summed E-state index contributed by atoms with van der Waals surface area (Å²) >= 11 is 1.64. The molecule has 21 heavy (non-hydrogen) atoms. The summed E-state index contributed by atoms with van der Waals surface area (Å²) in [5, 5.41) is 13.7. The molecular formula is C16H17N3OS. The zero-order chi connectivity index (χ0) is 14.7. The second-order valence-corrected chi connectivity index (χ2v) is 5.62. The fraction of sp³-hybridized carbons (Fsp3) is 0.250. The summed E-state index contributed by atoms with van der Waals surface area (Å²) in [6.07, 6.45) is 0.963. The van der Waals surface area contributed by atoms with E-state index >= 15 is 0 Å². The molecule has 0 radical (unpaired) electrons. The Balaban J connectivity index is 1.94. The highest BCUT2D eigenvalue weighted by molar-refractivity contribution is 7.13. The van der Waals surface area contributed by atoms with Crippen LogP contribution in [0.3, 0.4) is 0 Å². The Morgan fingerprint density at radius 1 is 1.19 bits per heavy atom. The Morgan fingerprint density at radius 3 is 2.71 bits per heavy atom. The van der Waals surface area contributed by atoms with Crippen LogP contribution in [0.15, 0.2) is 46.2 Å². The van der Waals surface area contributed by atoms with Crippen LogP contribution in [0.4, 0.5) is 0 Å². The Kier molecular flexibility index (Phi) is 4.13. The topological polar surface area (TPSA) is 51.0 Å². The number of nitrogens with one attached hydrogen (secondary N) is 1. The Hall–Kier alpha value is -1.98. The summed E-state index contributed by atoms with van der Waals surface area (Å²) in [6, 6.07) is 12.1. The maximum Gasteiger partial charge on any atom is 0.258 e. The minimum Gasteiger partial charge on any atom is -0.418 e. The Morgan fingerprint density at radius 2 is 2.00 bits per heavy atom. The first-order valence-corrected chi connectivity index (χ1v) is 7.83. The molecule has 0 spiro atoms. The SMILES string of the molecule is CCc1ccsc1-c1nnc(C(NC)c2ccccc2)o1. The molecule has 108 valence electrons. The molecule has 0 aliphatic heterocycles. The van der Waals surface area contributed by atoms with Gasteiger partial charge in [0.2, 0.25) is 5.89 Å². The van der Waals surface area contributed by atoms with Gasteiger partial charge in [-0.15, -0.1) is 21.5 Å². The van der Waals surface area contributed by atoms with E-state index in [1.54, 1.807) is 11.3 Å². The molecule has 2 heterocycles. The van der Waals surface area contributed by atoms with Crippen LogP contribution in [0, 0.1) is 0 Å². The predicted octanol–water partition coefficient (Wildman–Crippen LogP) is 3.67. The first-order chi connectivity index (χ1) is 10.3. The van der Waals surface area contributed by atoms with Crippen molar-refractivity contribution in [3.05, 3.63) is 58.8 Å². The molecule has 5 heteroatoms. The molecule has 1 atom stereocenters. The van der Waals surface area contributed by atoms with Crippen molar-refractivity contribution in [2.24, 2.45) is 0 Å². The third kappa shape index (κ3) is 2.75. The van der Waals surface area contributed by atoms with Gasteiger partial charge in [-0.25, -0.2) is 0 Å². The minimum atomic E-state index is -0.0857. The molecule has 0 amide bonds. The predicted molar refractivity (Wildman–Crippen MR) is 84.3 cm³/mol. The average Bonchev–Trinajstić information content (AvgIpc) is 3.17. The molecule has 0 saturated carbocycles. The van der Waals surface area contributed by atoms with Gasteiger partial charge in [-0.2, -0.15) is 0 Å². The normalized spacial score (nSPS) is 12.5. The summed E-state index contributed by atoms with van der Waals surface area (Å²) in [5.74, 6) is 1.20. The Labute approximate surface area is 127 Å². The summed E-state index contributed by atoms with van der Waals surface area (Å²) in [5.41, 5.74) is 2.35. The summed E-state index contributed by atoms with van der Waals surface area (Å²) in [7, 11) is 1.89. The monoisotopic (exact) mass is 299 g/mol.